The Bertz CT molecular complexity index is 617. The van der Waals surface area contributed by atoms with Crippen LogP contribution in [-0.2, 0) is 0 Å². The molecule has 1 nitrogen and oxygen atoms in total. The fourth-order valence-electron chi connectivity index (χ4n) is 2.75. The molecule has 2 aromatic carbocycles. The van der Waals surface area contributed by atoms with Crippen molar-refractivity contribution in [2.24, 2.45) is 0 Å². The lowest BCUT2D eigenvalue weighted by Crippen LogP contribution is -1.97. The molecule has 2 aromatic rings. The van der Waals surface area contributed by atoms with E-state index in [-0.39, 0.29) is 0 Å². The maximum absolute atomic E-state index is 5.83. The van der Waals surface area contributed by atoms with Gasteiger partial charge in [0.1, 0.15) is 5.75 Å². The third kappa shape index (κ3) is 6.13. The zero-order valence-corrected chi connectivity index (χ0v) is 14.8. The van der Waals surface area contributed by atoms with Crippen LogP contribution in [0.2, 0.25) is 0 Å². The van der Waals surface area contributed by atoms with Gasteiger partial charge < -0.3 is 4.74 Å². The highest BCUT2D eigenvalue weighted by atomic mass is 16.5. The molecule has 126 valence electrons. The summed E-state index contributed by atoms with van der Waals surface area (Å²) in [6.45, 7) is 3.06. The Balaban J connectivity index is 1.71. The van der Waals surface area contributed by atoms with Crippen LogP contribution in [0.15, 0.2) is 48.5 Å². The number of terminal acetylenes is 1. The van der Waals surface area contributed by atoms with E-state index in [1.807, 2.05) is 24.3 Å². The summed E-state index contributed by atoms with van der Waals surface area (Å²) in [6, 6.07) is 16.4. The van der Waals surface area contributed by atoms with Crippen molar-refractivity contribution in [2.45, 2.75) is 51.9 Å². The fraction of sp³-hybridized carbons (Fsp3) is 0.391. The van der Waals surface area contributed by atoms with Crippen LogP contribution in [0.1, 0.15) is 57.4 Å². The maximum Gasteiger partial charge on any atom is 0.119 e. The third-order valence-electron chi connectivity index (χ3n) is 4.26. The summed E-state index contributed by atoms with van der Waals surface area (Å²) in [4.78, 5) is 0. The van der Waals surface area contributed by atoms with Gasteiger partial charge in [-0.15, -0.1) is 6.42 Å². The van der Waals surface area contributed by atoms with Crippen molar-refractivity contribution in [1.82, 2.24) is 0 Å². The molecule has 0 atom stereocenters. The minimum absolute atomic E-state index is 0.810. The van der Waals surface area contributed by atoms with Crippen LogP contribution in [0, 0.1) is 12.3 Å². The van der Waals surface area contributed by atoms with Crippen LogP contribution in [0.5, 0.6) is 5.75 Å². The van der Waals surface area contributed by atoms with Crippen molar-refractivity contribution >= 4 is 0 Å². The summed E-state index contributed by atoms with van der Waals surface area (Å²) >= 11 is 0. The van der Waals surface area contributed by atoms with Gasteiger partial charge in [0.15, 0.2) is 0 Å². The van der Waals surface area contributed by atoms with Crippen molar-refractivity contribution in [3.05, 3.63) is 54.1 Å². The summed E-state index contributed by atoms with van der Waals surface area (Å²) in [5.41, 5.74) is 3.27. The summed E-state index contributed by atoms with van der Waals surface area (Å²) in [6.07, 6.45) is 14.5. The van der Waals surface area contributed by atoms with Gasteiger partial charge in [0.2, 0.25) is 0 Å². The Morgan fingerprint density at radius 2 is 1.29 bits per heavy atom. The second kappa shape index (κ2) is 10.6. The number of hydrogen-bond acceptors (Lipinski definition) is 1. The number of benzene rings is 2. The topological polar surface area (TPSA) is 9.23 Å². The quantitative estimate of drug-likeness (QED) is 0.360. The Morgan fingerprint density at radius 3 is 1.88 bits per heavy atom. The highest BCUT2D eigenvalue weighted by molar-refractivity contribution is 5.65. The monoisotopic (exact) mass is 320 g/mol. The largest absolute Gasteiger partial charge is 0.494 e. The molecule has 24 heavy (non-hydrogen) atoms. The Kier molecular flexibility index (Phi) is 7.98. The second-order valence-electron chi connectivity index (χ2n) is 6.22. The highest BCUT2D eigenvalue weighted by Crippen LogP contribution is 2.23. The van der Waals surface area contributed by atoms with Crippen molar-refractivity contribution < 1.29 is 4.74 Å². The van der Waals surface area contributed by atoms with E-state index in [0.717, 1.165) is 24.3 Å². The van der Waals surface area contributed by atoms with E-state index in [4.69, 9.17) is 11.2 Å². The molecule has 2 rings (SSSR count). The average Bonchev–Trinajstić information content (AvgIpc) is 2.64. The highest BCUT2D eigenvalue weighted by Gasteiger charge is 1.99. The summed E-state index contributed by atoms with van der Waals surface area (Å²) in [5.74, 6) is 3.59. The zero-order chi connectivity index (χ0) is 17.0. The van der Waals surface area contributed by atoms with Crippen molar-refractivity contribution in [3.8, 4) is 29.2 Å². The predicted octanol–water partition coefficient (Wildman–Crippen LogP) is 6.46. The first-order chi connectivity index (χ1) is 11.8. The van der Waals surface area contributed by atoms with E-state index in [0.29, 0.717) is 0 Å². The average molecular weight is 320 g/mol. The fourth-order valence-corrected chi connectivity index (χ4v) is 2.75. The normalized spacial score (nSPS) is 10.3. The van der Waals surface area contributed by atoms with E-state index < -0.39 is 0 Å². The second-order valence-corrected chi connectivity index (χ2v) is 6.22. The predicted molar refractivity (Wildman–Crippen MR) is 103 cm³/mol. The van der Waals surface area contributed by atoms with E-state index in [2.05, 4.69) is 37.1 Å². The van der Waals surface area contributed by atoms with Gasteiger partial charge in [-0.1, -0.05) is 75.6 Å². The van der Waals surface area contributed by atoms with Crippen molar-refractivity contribution in [1.29, 1.82) is 0 Å². The SMILES string of the molecule is C#Cc1ccc(-c2ccc(OCCCCCCCCC)cc2)cc1. The van der Waals surface area contributed by atoms with Crippen LogP contribution in [-0.4, -0.2) is 6.61 Å². The van der Waals surface area contributed by atoms with E-state index in [1.165, 1.54) is 49.7 Å². The number of rotatable bonds is 10. The first kappa shape index (κ1) is 18.1. The van der Waals surface area contributed by atoms with Crippen LogP contribution in [0.4, 0.5) is 0 Å². The maximum atomic E-state index is 5.83. The smallest absolute Gasteiger partial charge is 0.119 e. The molecule has 0 saturated carbocycles. The van der Waals surface area contributed by atoms with Gasteiger partial charge in [-0.2, -0.15) is 0 Å². The molecule has 0 unspecified atom stereocenters. The van der Waals surface area contributed by atoms with Crippen LogP contribution >= 0.6 is 0 Å². The molecular weight excluding hydrogens is 292 g/mol. The number of ether oxygens (including phenoxy) is 1. The molecular formula is C23H28O. The van der Waals surface area contributed by atoms with Gasteiger partial charge in [-0.05, 0) is 41.8 Å². The zero-order valence-electron chi connectivity index (χ0n) is 14.8. The third-order valence-corrected chi connectivity index (χ3v) is 4.26. The Hall–Kier alpha value is -2.20. The van der Waals surface area contributed by atoms with Gasteiger partial charge in [0, 0.05) is 5.56 Å². The van der Waals surface area contributed by atoms with Crippen LogP contribution < -0.4 is 4.74 Å². The first-order valence-electron chi connectivity index (χ1n) is 9.13. The summed E-state index contributed by atoms with van der Waals surface area (Å²) < 4.78 is 5.83. The van der Waals surface area contributed by atoms with Gasteiger partial charge in [0.25, 0.3) is 0 Å². The molecule has 0 amide bonds. The van der Waals surface area contributed by atoms with Gasteiger partial charge in [0.05, 0.1) is 6.61 Å². The molecule has 0 aromatic heterocycles. The van der Waals surface area contributed by atoms with Gasteiger partial charge in [-0.3, -0.25) is 0 Å². The molecule has 0 heterocycles. The van der Waals surface area contributed by atoms with E-state index in [9.17, 15) is 0 Å². The molecule has 0 N–H and O–H groups in total. The minimum atomic E-state index is 0.810. The molecule has 0 aliphatic heterocycles. The molecule has 0 spiro atoms. The Morgan fingerprint density at radius 1 is 0.750 bits per heavy atom. The lowest BCUT2D eigenvalue weighted by atomic mass is 10.0. The minimum Gasteiger partial charge on any atom is -0.494 e. The molecule has 0 aliphatic carbocycles. The lowest BCUT2D eigenvalue weighted by Gasteiger charge is -2.08. The summed E-state index contributed by atoms with van der Waals surface area (Å²) in [5, 5.41) is 0. The van der Waals surface area contributed by atoms with Crippen molar-refractivity contribution in [2.75, 3.05) is 6.61 Å². The number of hydrogen-bond donors (Lipinski definition) is 0. The standard InChI is InChI=1S/C23H28O/c1-3-5-6-7-8-9-10-19-24-23-17-15-22(16-18-23)21-13-11-20(4-2)12-14-21/h2,11-18H,3,5-10,19H2,1H3. The van der Waals surface area contributed by atoms with Crippen LogP contribution in [0.3, 0.4) is 0 Å². The number of unbranched alkanes of at least 4 members (excludes halogenated alkanes) is 6. The Labute approximate surface area is 147 Å². The molecule has 0 aliphatic rings. The molecule has 0 radical (unpaired) electrons. The van der Waals surface area contributed by atoms with E-state index >= 15 is 0 Å². The molecule has 0 bridgehead atoms. The molecule has 0 saturated heterocycles. The molecule has 1 heteroatoms. The van der Waals surface area contributed by atoms with Gasteiger partial charge >= 0.3 is 0 Å². The summed E-state index contributed by atoms with van der Waals surface area (Å²) in [7, 11) is 0. The van der Waals surface area contributed by atoms with Gasteiger partial charge in [-0.25, -0.2) is 0 Å². The molecule has 0 fully saturated rings. The first-order valence-corrected chi connectivity index (χ1v) is 9.13. The van der Waals surface area contributed by atoms with Crippen molar-refractivity contribution in [3.63, 3.8) is 0 Å². The van der Waals surface area contributed by atoms with Crippen LogP contribution in [0.25, 0.3) is 11.1 Å². The lowest BCUT2D eigenvalue weighted by molar-refractivity contribution is 0.304. The van der Waals surface area contributed by atoms with E-state index in [1.54, 1.807) is 0 Å².